The van der Waals surface area contributed by atoms with Crippen molar-refractivity contribution in [3.05, 3.63) is 54.1 Å². The summed E-state index contributed by atoms with van der Waals surface area (Å²) in [5.74, 6) is 0. The van der Waals surface area contributed by atoms with Gasteiger partial charge in [-0.15, -0.1) is 0 Å². The van der Waals surface area contributed by atoms with Gasteiger partial charge >= 0.3 is 6.09 Å². The summed E-state index contributed by atoms with van der Waals surface area (Å²) in [6.07, 6.45) is -0.306. The predicted molar refractivity (Wildman–Crippen MR) is 101 cm³/mol. The summed E-state index contributed by atoms with van der Waals surface area (Å²) in [7, 11) is 0. The Bertz CT molecular complexity index is 933. The number of hydrazone groups is 1. The molecule has 0 aliphatic carbocycles. The van der Waals surface area contributed by atoms with E-state index in [1.807, 2.05) is 55.5 Å². The number of carbonyl (C=O) groups excluding carboxylic acids is 1. The number of thiazole rings is 1. The molecule has 1 saturated heterocycles. The van der Waals surface area contributed by atoms with Gasteiger partial charge in [-0.25, -0.2) is 9.78 Å². The van der Waals surface area contributed by atoms with Crippen LogP contribution in [-0.2, 0) is 4.74 Å². The fraction of sp³-hybridized carbons (Fsp3) is 0.167. The minimum atomic E-state index is -0.306. The SMILES string of the molecule is C/C(=N\Nc1nc2ccccc2s1)c1cccc(N2CCOC2=O)c1. The Hall–Kier alpha value is -2.93. The Kier molecular flexibility index (Phi) is 4.07. The first-order valence-electron chi connectivity index (χ1n) is 7.91. The second-order valence-electron chi connectivity index (χ2n) is 5.61. The maximum Gasteiger partial charge on any atom is 0.414 e. The molecule has 1 N–H and O–H groups in total. The van der Waals surface area contributed by atoms with Crippen LogP contribution in [0.25, 0.3) is 10.2 Å². The number of anilines is 2. The van der Waals surface area contributed by atoms with E-state index in [1.165, 1.54) is 0 Å². The zero-order valence-corrected chi connectivity index (χ0v) is 14.4. The van der Waals surface area contributed by atoms with Crippen LogP contribution in [0.3, 0.4) is 0 Å². The van der Waals surface area contributed by atoms with Crippen molar-refractivity contribution in [1.29, 1.82) is 0 Å². The summed E-state index contributed by atoms with van der Waals surface area (Å²) >= 11 is 1.56. The van der Waals surface area contributed by atoms with Crippen LogP contribution in [0.1, 0.15) is 12.5 Å². The first-order chi connectivity index (χ1) is 12.2. The molecule has 0 radical (unpaired) electrons. The van der Waals surface area contributed by atoms with E-state index in [1.54, 1.807) is 16.2 Å². The highest BCUT2D eigenvalue weighted by Crippen LogP contribution is 2.25. The minimum absolute atomic E-state index is 0.306. The third kappa shape index (κ3) is 3.18. The lowest BCUT2D eigenvalue weighted by atomic mass is 10.1. The van der Waals surface area contributed by atoms with E-state index in [4.69, 9.17) is 4.74 Å². The fourth-order valence-corrected chi connectivity index (χ4v) is 3.45. The highest BCUT2D eigenvalue weighted by molar-refractivity contribution is 7.22. The number of hydrogen-bond donors (Lipinski definition) is 1. The molecule has 1 amide bonds. The Morgan fingerprint density at radius 2 is 2.16 bits per heavy atom. The Labute approximate surface area is 148 Å². The standard InChI is InChI=1S/C18H16N4O2S/c1-12(20-21-17-19-15-7-2-3-8-16(15)25-17)13-5-4-6-14(11-13)22-9-10-24-18(22)23/h2-8,11H,9-10H2,1H3,(H,19,21)/b20-12+. The highest BCUT2D eigenvalue weighted by Gasteiger charge is 2.23. The Balaban J connectivity index is 1.54. The van der Waals surface area contributed by atoms with Gasteiger partial charge in [0.25, 0.3) is 0 Å². The molecule has 4 rings (SSSR count). The highest BCUT2D eigenvalue weighted by atomic mass is 32.1. The minimum Gasteiger partial charge on any atom is -0.447 e. The van der Waals surface area contributed by atoms with Crippen molar-refractivity contribution in [2.45, 2.75) is 6.92 Å². The van der Waals surface area contributed by atoms with Crippen LogP contribution in [0.4, 0.5) is 15.6 Å². The van der Waals surface area contributed by atoms with E-state index in [-0.39, 0.29) is 6.09 Å². The van der Waals surface area contributed by atoms with Crippen LogP contribution in [0, 0.1) is 0 Å². The molecular formula is C18H16N4O2S. The number of amides is 1. The molecule has 1 aromatic heterocycles. The predicted octanol–water partition coefficient (Wildman–Crippen LogP) is 4.09. The summed E-state index contributed by atoms with van der Waals surface area (Å²) in [6, 6.07) is 15.7. The van der Waals surface area contributed by atoms with E-state index >= 15 is 0 Å². The van der Waals surface area contributed by atoms with Crippen LogP contribution >= 0.6 is 11.3 Å². The van der Waals surface area contributed by atoms with Crippen molar-refractivity contribution in [2.24, 2.45) is 5.10 Å². The summed E-state index contributed by atoms with van der Waals surface area (Å²) in [6.45, 7) is 2.92. The van der Waals surface area contributed by atoms with Gasteiger partial charge in [0, 0.05) is 5.69 Å². The molecule has 0 bridgehead atoms. The molecule has 7 heteroatoms. The smallest absolute Gasteiger partial charge is 0.414 e. The maximum absolute atomic E-state index is 11.7. The zero-order valence-electron chi connectivity index (χ0n) is 13.6. The summed E-state index contributed by atoms with van der Waals surface area (Å²) in [4.78, 5) is 17.8. The number of nitrogens with one attached hydrogen (secondary N) is 1. The zero-order chi connectivity index (χ0) is 17.2. The van der Waals surface area contributed by atoms with E-state index in [2.05, 4.69) is 15.5 Å². The van der Waals surface area contributed by atoms with Gasteiger partial charge in [0.1, 0.15) is 6.61 Å². The van der Waals surface area contributed by atoms with E-state index in [0.717, 1.165) is 32.3 Å². The molecule has 1 aliphatic rings. The summed E-state index contributed by atoms with van der Waals surface area (Å²) < 4.78 is 6.11. The van der Waals surface area contributed by atoms with Crippen LogP contribution in [0.15, 0.2) is 53.6 Å². The number of ether oxygens (including phenoxy) is 1. The molecule has 2 aromatic carbocycles. The van der Waals surface area contributed by atoms with Crippen molar-refractivity contribution in [2.75, 3.05) is 23.5 Å². The maximum atomic E-state index is 11.7. The van der Waals surface area contributed by atoms with Crippen LogP contribution in [0.2, 0.25) is 0 Å². The van der Waals surface area contributed by atoms with Gasteiger partial charge in [-0.1, -0.05) is 35.6 Å². The normalized spacial score (nSPS) is 14.8. The average molecular weight is 352 g/mol. The molecule has 6 nitrogen and oxygen atoms in total. The molecule has 1 fully saturated rings. The molecular weight excluding hydrogens is 336 g/mol. The first kappa shape index (κ1) is 15.6. The number of rotatable bonds is 4. The summed E-state index contributed by atoms with van der Waals surface area (Å²) in [5, 5.41) is 5.18. The van der Waals surface area contributed by atoms with Gasteiger partial charge in [0.05, 0.1) is 22.5 Å². The average Bonchev–Trinajstić information content (AvgIpc) is 3.25. The number of aromatic nitrogens is 1. The van der Waals surface area contributed by atoms with Crippen molar-refractivity contribution in [3.8, 4) is 0 Å². The number of fused-ring (bicyclic) bond motifs is 1. The van der Waals surface area contributed by atoms with Gasteiger partial charge in [-0.05, 0) is 36.8 Å². The monoisotopic (exact) mass is 352 g/mol. The van der Waals surface area contributed by atoms with Crippen LogP contribution in [-0.4, -0.2) is 29.9 Å². The Morgan fingerprint density at radius 1 is 1.28 bits per heavy atom. The molecule has 0 spiro atoms. The first-order valence-corrected chi connectivity index (χ1v) is 8.73. The fourth-order valence-electron chi connectivity index (χ4n) is 2.64. The molecule has 2 heterocycles. The Morgan fingerprint density at radius 3 is 2.96 bits per heavy atom. The second kappa shape index (κ2) is 6.52. The van der Waals surface area contributed by atoms with Crippen LogP contribution in [0.5, 0.6) is 0 Å². The second-order valence-corrected chi connectivity index (χ2v) is 6.64. The summed E-state index contributed by atoms with van der Waals surface area (Å²) in [5.41, 5.74) is 6.54. The number of carbonyl (C=O) groups is 1. The molecule has 0 atom stereocenters. The van der Waals surface area contributed by atoms with E-state index < -0.39 is 0 Å². The topological polar surface area (TPSA) is 66.8 Å². The molecule has 25 heavy (non-hydrogen) atoms. The van der Waals surface area contributed by atoms with Gasteiger partial charge in [-0.2, -0.15) is 5.10 Å². The number of para-hydroxylation sites is 1. The third-order valence-corrected chi connectivity index (χ3v) is 4.89. The van der Waals surface area contributed by atoms with Crippen molar-refractivity contribution in [3.63, 3.8) is 0 Å². The molecule has 0 unspecified atom stereocenters. The van der Waals surface area contributed by atoms with Crippen molar-refractivity contribution < 1.29 is 9.53 Å². The number of benzene rings is 2. The molecule has 3 aromatic rings. The molecule has 0 saturated carbocycles. The number of hydrogen-bond acceptors (Lipinski definition) is 6. The van der Waals surface area contributed by atoms with E-state index in [9.17, 15) is 4.79 Å². The largest absolute Gasteiger partial charge is 0.447 e. The van der Waals surface area contributed by atoms with Crippen molar-refractivity contribution >= 4 is 44.2 Å². The number of cyclic esters (lactones) is 1. The van der Waals surface area contributed by atoms with Gasteiger partial charge in [0.15, 0.2) is 0 Å². The lowest BCUT2D eigenvalue weighted by Crippen LogP contribution is -2.23. The van der Waals surface area contributed by atoms with Gasteiger partial charge < -0.3 is 4.74 Å². The van der Waals surface area contributed by atoms with Crippen LogP contribution < -0.4 is 10.3 Å². The third-order valence-electron chi connectivity index (χ3n) is 3.95. The van der Waals surface area contributed by atoms with Crippen molar-refractivity contribution in [1.82, 2.24) is 4.98 Å². The quantitative estimate of drug-likeness (QED) is 0.567. The van der Waals surface area contributed by atoms with Gasteiger partial charge in [-0.3, -0.25) is 10.3 Å². The lowest BCUT2D eigenvalue weighted by molar-refractivity contribution is 0.181. The molecule has 1 aliphatic heterocycles. The molecule has 126 valence electrons. The lowest BCUT2D eigenvalue weighted by Gasteiger charge is -2.13. The number of nitrogens with zero attached hydrogens (tertiary/aromatic N) is 3. The van der Waals surface area contributed by atoms with E-state index in [0.29, 0.717) is 13.2 Å². The van der Waals surface area contributed by atoms with Gasteiger partial charge in [0.2, 0.25) is 5.13 Å².